The van der Waals surface area contributed by atoms with Crippen LogP contribution in [0.1, 0.15) is 31.2 Å². The fraction of sp³-hybridized carbons (Fsp3) is 0.647. The molecule has 21 heavy (non-hydrogen) atoms. The summed E-state index contributed by atoms with van der Waals surface area (Å²) in [5, 5.41) is 3.63. The Labute approximate surface area is 125 Å². The lowest BCUT2D eigenvalue weighted by molar-refractivity contribution is 0.0143. The van der Waals surface area contributed by atoms with Gasteiger partial charge in [-0.25, -0.2) is 4.39 Å². The van der Waals surface area contributed by atoms with Gasteiger partial charge in [0.25, 0.3) is 0 Å². The smallest absolute Gasteiger partial charge is 0.168 e. The second kappa shape index (κ2) is 6.32. The van der Waals surface area contributed by atoms with Gasteiger partial charge in [-0.1, -0.05) is 12.1 Å². The highest BCUT2D eigenvalue weighted by Gasteiger charge is 2.35. The van der Waals surface area contributed by atoms with Crippen molar-refractivity contribution in [3.63, 3.8) is 0 Å². The maximum atomic E-state index is 14.4. The lowest BCUT2D eigenvalue weighted by Gasteiger charge is -2.38. The number of benzene rings is 1. The summed E-state index contributed by atoms with van der Waals surface area (Å²) in [5.41, 5.74) is 0.863. The number of ether oxygens (including phenoxy) is 2. The van der Waals surface area contributed by atoms with Crippen molar-refractivity contribution in [2.24, 2.45) is 5.41 Å². The first-order chi connectivity index (χ1) is 10.2. The van der Waals surface area contributed by atoms with Crippen LogP contribution in [0.2, 0.25) is 0 Å². The van der Waals surface area contributed by atoms with Gasteiger partial charge in [0.15, 0.2) is 11.6 Å². The van der Waals surface area contributed by atoms with Gasteiger partial charge >= 0.3 is 0 Å². The molecule has 0 atom stereocenters. The maximum absolute atomic E-state index is 14.4. The van der Waals surface area contributed by atoms with Crippen LogP contribution in [0, 0.1) is 11.2 Å². The molecule has 3 rings (SSSR count). The van der Waals surface area contributed by atoms with Crippen molar-refractivity contribution >= 4 is 0 Å². The highest BCUT2D eigenvalue weighted by molar-refractivity contribution is 5.32. The quantitative estimate of drug-likeness (QED) is 0.875. The molecule has 4 heteroatoms. The average Bonchev–Trinajstić information content (AvgIpc) is 3.33. The molecule has 0 radical (unpaired) electrons. The van der Waals surface area contributed by atoms with E-state index in [0.29, 0.717) is 11.8 Å². The SMILES string of the molecule is COc1cccc(CC2(CNC3CC3)CCOCC2)c1F. The van der Waals surface area contributed by atoms with E-state index in [1.165, 1.54) is 20.0 Å². The second-order valence-corrected chi connectivity index (χ2v) is 6.38. The van der Waals surface area contributed by atoms with Crippen LogP contribution in [0.15, 0.2) is 18.2 Å². The van der Waals surface area contributed by atoms with Gasteiger partial charge in [0, 0.05) is 25.8 Å². The van der Waals surface area contributed by atoms with E-state index < -0.39 is 0 Å². The van der Waals surface area contributed by atoms with Gasteiger partial charge in [0.05, 0.1) is 7.11 Å². The normalized spacial score (nSPS) is 21.2. The zero-order chi connectivity index (χ0) is 14.7. The maximum Gasteiger partial charge on any atom is 0.168 e. The summed E-state index contributed by atoms with van der Waals surface area (Å²) in [6.07, 6.45) is 5.28. The zero-order valence-corrected chi connectivity index (χ0v) is 12.7. The molecule has 1 aliphatic carbocycles. The van der Waals surface area contributed by atoms with Crippen molar-refractivity contribution in [2.75, 3.05) is 26.9 Å². The fourth-order valence-corrected chi connectivity index (χ4v) is 3.12. The molecule has 0 aromatic heterocycles. The van der Waals surface area contributed by atoms with Crippen molar-refractivity contribution < 1.29 is 13.9 Å². The molecule has 1 N–H and O–H groups in total. The van der Waals surface area contributed by atoms with Gasteiger partial charge in [-0.05, 0) is 49.1 Å². The third-order valence-corrected chi connectivity index (χ3v) is 4.73. The van der Waals surface area contributed by atoms with Gasteiger partial charge in [0.2, 0.25) is 0 Å². The fourth-order valence-electron chi connectivity index (χ4n) is 3.12. The summed E-state index contributed by atoms with van der Waals surface area (Å²) in [6, 6.07) is 6.11. The number of nitrogens with one attached hydrogen (secondary N) is 1. The van der Waals surface area contributed by atoms with E-state index in [9.17, 15) is 4.39 Å². The molecule has 1 saturated heterocycles. The molecule has 0 amide bonds. The summed E-state index contributed by atoms with van der Waals surface area (Å²) >= 11 is 0. The molecule has 1 heterocycles. The summed E-state index contributed by atoms with van der Waals surface area (Å²) in [7, 11) is 1.51. The topological polar surface area (TPSA) is 30.5 Å². The molecule has 1 saturated carbocycles. The number of methoxy groups -OCH3 is 1. The third-order valence-electron chi connectivity index (χ3n) is 4.73. The van der Waals surface area contributed by atoms with Crippen molar-refractivity contribution in [2.45, 2.75) is 38.1 Å². The van der Waals surface area contributed by atoms with Gasteiger partial charge < -0.3 is 14.8 Å². The monoisotopic (exact) mass is 293 g/mol. The minimum Gasteiger partial charge on any atom is -0.494 e. The molecule has 1 aromatic rings. The lowest BCUT2D eigenvalue weighted by atomic mass is 9.75. The average molecular weight is 293 g/mol. The van der Waals surface area contributed by atoms with Crippen LogP contribution >= 0.6 is 0 Å². The molecule has 0 spiro atoms. The highest BCUT2D eigenvalue weighted by atomic mass is 19.1. The predicted octanol–water partition coefficient (Wildman–Crippen LogP) is 2.93. The van der Waals surface area contributed by atoms with E-state index >= 15 is 0 Å². The van der Waals surface area contributed by atoms with Gasteiger partial charge in [-0.3, -0.25) is 0 Å². The first-order valence-corrected chi connectivity index (χ1v) is 7.85. The predicted molar refractivity (Wildman–Crippen MR) is 80.2 cm³/mol. The minimum absolute atomic E-state index is 0.105. The minimum atomic E-state index is -0.211. The standard InChI is InChI=1S/C17H24FNO2/c1-20-15-4-2-3-13(16(15)18)11-17(7-9-21-10-8-17)12-19-14-5-6-14/h2-4,14,19H,5-12H2,1H3. The molecule has 3 nitrogen and oxygen atoms in total. The van der Waals surface area contributed by atoms with Crippen LogP contribution < -0.4 is 10.1 Å². The second-order valence-electron chi connectivity index (χ2n) is 6.38. The number of hydrogen-bond donors (Lipinski definition) is 1. The van der Waals surface area contributed by atoms with Crippen LogP contribution in [-0.4, -0.2) is 32.9 Å². The Morgan fingerprint density at radius 3 is 2.76 bits per heavy atom. The Hall–Kier alpha value is -1.13. The van der Waals surface area contributed by atoms with Crippen LogP contribution in [0.5, 0.6) is 5.75 Å². The Balaban J connectivity index is 1.76. The Morgan fingerprint density at radius 1 is 1.33 bits per heavy atom. The van der Waals surface area contributed by atoms with Crippen LogP contribution in [0.4, 0.5) is 4.39 Å². The summed E-state index contributed by atoms with van der Waals surface area (Å²) in [4.78, 5) is 0. The number of hydrogen-bond acceptors (Lipinski definition) is 3. The van der Waals surface area contributed by atoms with Crippen LogP contribution in [0.3, 0.4) is 0 Å². The molecule has 1 aromatic carbocycles. The molecule has 0 bridgehead atoms. The first-order valence-electron chi connectivity index (χ1n) is 7.85. The van der Waals surface area contributed by atoms with E-state index in [4.69, 9.17) is 9.47 Å². The first kappa shape index (κ1) is 14.8. The Morgan fingerprint density at radius 2 is 2.10 bits per heavy atom. The molecule has 0 unspecified atom stereocenters. The summed E-state index contributed by atoms with van der Waals surface area (Å²) in [6.45, 7) is 2.51. The molecule has 2 aliphatic rings. The van der Waals surface area contributed by atoms with E-state index in [0.717, 1.165) is 44.6 Å². The summed E-state index contributed by atoms with van der Waals surface area (Å²) in [5.74, 6) is 0.127. The van der Waals surface area contributed by atoms with Gasteiger partial charge in [-0.2, -0.15) is 0 Å². The summed E-state index contributed by atoms with van der Waals surface area (Å²) < 4.78 is 25.0. The number of halogens is 1. The Kier molecular flexibility index (Phi) is 4.45. The largest absolute Gasteiger partial charge is 0.494 e. The van der Waals surface area contributed by atoms with Crippen LogP contribution in [0.25, 0.3) is 0 Å². The van der Waals surface area contributed by atoms with E-state index in [1.807, 2.05) is 12.1 Å². The van der Waals surface area contributed by atoms with E-state index in [-0.39, 0.29) is 11.2 Å². The van der Waals surface area contributed by atoms with Gasteiger partial charge in [0.1, 0.15) is 0 Å². The zero-order valence-electron chi connectivity index (χ0n) is 12.7. The molecule has 1 aliphatic heterocycles. The molecule has 116 valence electrons. The molecular formula is C17H24FNO2. The number of rotatable bonds is 6. The lowest BCUT2D eigenvalue weighted by Crippen LogP contribution is -2.41. The Bertz CT molecular complexity index is 482. The van der Waals surface area contributed by atoms with E-state index in [2.05, 4.69) is 5.32 Å². The van der Waals surface area contributed by atoms with E-state index in [1.54, 1.807) is 6.07 Å². The highest BCUT2D eigenvalue weighted by Crippen LogP contribution is 2.36. The van der Waals surface area contributed by atoms with Crippen molar-refractivity contribution in [3.05, 3.63) is 29.6 Å². The molecular weight excluding hydrogens is 269 g/mol. The van der Waals surface area contributed by atoms with Crippen molar-refractivity contribution in [1.29, 1.82) is 0 Å². The van der Waals surface area contributed by atoms with Crippen LogP contribution in [-0.2, 0) is 11.2 Å². The molecule has 2 fully saturated rings. The van der Waals surface area contributed by atoms with Crippen molar-refractivity contribution in [3.8, 4) is 5.75 Å². The van der Waals surface area contributed by atoms with Crippen molar-refractivity contribution in [1.82, 2.24) is 5.32 Å². The van der Waals surface area contributed by atoms with Gasteiger partial charge in [-0.15, -0.1) is 0 Å². The third kappa shape index (κ3) is 3.55.